The number of piperazine rings is 1. The molecule has 0 aliphatic carbocycles. The highest BCUT2D eigenvalue weighted by Gasteiger charge is 2.24. The minimum Gasteiger partial charge on any atom is -0.367 e. The molecule has 0 radical (unpaired) electrons. The van der Waals surface area contributed by atoms with E-state index in [0.29, 0.717) is 12.5 Å². The van der Waals surface area contributed by atoms with Crippen molar-refractivity contribution in [1.82, 2.24) is 9.80 Å². The standard InChI is InChI=1S/C23H29N3O/c27-23(19-24-13-7-2-8-14-24)26-17-15-25(16-18-26)22-12-6-5-11-21(22)20-9-3-1-4-10-20/h1,3-6,9-12H,2,7-8,13-19H2. The summed E-state index contributed by atoms with van der Waals surface area (Å²) < 4.78 is 0. The van der Waals surface area contributed by atoms with Crippen LogP contribution in [-0.4, -0.2) is 61.5 Å². The van der Waals surface area contributed by atoms with E-state index >= 15 is 0 Å². The number of anilines is 1. The van der Waals surface area contributed by atoms with Gasteiger partial charge in [-0.05, 0) is 37.6 Å². The lowest BCUT2D eigenvalue weighted by Gasteiger charge is -2.38. The summed E-state index contributed by atoms with van der Waals surface area (Å²) in [4.78, 5) is 19.5. The summed E-state index contributed by atoms with van der Waals surface area (Å²) in [5, 5.41) is 0. The van der Waals surface area contributed by atoms with Gasteiger partial charge in [0.1, 0.15) is 0 Å². The van der Waals surface area contributed by atoms with Crippen LogP contribution < -0.4 is 4.90 Å². The number of nitrogens with zero attached hydrogens (tertiary/aromatic N) is 3. The minimum atomic E-state index is 0.299. The molecule has 0 spiro atoms. The second-order valence-electron chi connectivity index (χ2n) is 7.59. The van der Waals surface area contributed by atoms with Crippen LogP contribution >= 0.6 is 0 Å². The van der Waals surface area contributed by atoms with E-state index in [0.717, 1.165) is 39.3 Å². The van der Waals surface area contributed by atoms with Gasteiger partial charge in [-0.2, -0.15) is 0 Å². The zero-order valence-electron chi connectivity index (χ0n) is 16.0. The minimum absolute atomic E-state index is 0.299. The Kier molecular flexibility index (Phi) is 5.73. The van der Waals surface area contributed by atoms with Crippen molar-refractivity contribution in [2.45, 2.75) is 19.3 Å². The fraction of sp³-hybridized carbons (Fsp3) is 0.435. The maximum Gasteiger partial charge on any atom is 0.236 e. The SMILES string of the molecule is O=C(CN1CCCCC1)N1CCN(c2ccccc2-c2ccccc2)CC1. The summed E-state index contributed by atoms with van der Waals surface area (Å²) in [5.41, 5.74) is 3.79. The Morgan fingerprint density at radius 2 is 1.41 bits per heavy atom. The van der Waals surface area contributed by atoms with Crippen molar-refractivity contribution in [2.24, 2.45) is 0 Å². The lowest BCUT2D eigenvalue weighted by Crippen LogP contribution is -2.51. The van der Waals surface area contributed by atoms with Crippen molar-refractivity contribution < 1.29 is 4.79 Å². The molecule has 2 aliphatic heterocycles. The van der Waals surface area contributed by atoms with Gasteiger partial charge in [0.25, 0.3) is 0 Å². The molecule has 27 heavy (non-hydrogen) atoms. The monoisotopic (exact) mass is 363 g/mol. The molecule has 4 rings (SSSR count). The van der Waals surface area contributed by atoms with Gasteiger partial charge in [-0.3, -0.25) is 9.69 Å². The van der Waals surface area contributed by atoms with Gasteiger partial charge in [0.2, 0.25) is 5.91 Å². The fourth-order valence-electron chi connectivity index (χ4n) is 4.22. The Hall–Kier alpha value is -2.33. The molecule has 0 aromatic heterocycles. The number of hydrogen-bond donors (Lipinski definition) is 0. The molecule has 2 aromatic rings. The quantitative estimate of drug-likeness (QED) is 0.832. The third-order valence-electron chi connectivity index (χ3n) is 5.77. The van der Waals surface area contributed by atoms with E-state index < -0.39 is 0 Å². The zero-order chi connectivity index (χ0) is 18.5. The number of hydrogen-bond acceptors (Lipinski definition) is 3. The summed E-state index contributed by atoms with van der Waals surface area (Å²) in [6, 6.07) is 19.2. The van der Waals surface area contributed by atoms with Crippen LogP contribution in [0.25, 0.3) is 11.1 Å². The molecule has 2 fully saturated rings. The maximum atomic E-state index is 12.7. The topological polar surface area (TPSA) is 26.8 Å². The second kappa shape index (κ2) is 8.57. The molecule has 142 valence electrons. The van der Waals surface area contributed by atoms with E-state index in [2.05, 4.69) is 69.3 Å². The molecule has 0 atom stereocenters. The Labute approximate surface area is 162 Å². The van der Waals surface area contributed by atoms with Gasteiger partial charge in [-0.15, -0.1) is 0 Å². The number of carbonyl (C=O) groups excluding carboxylic acids is 1. The lowest BCUT2D eigenvalue weighted by atomic mass is 10.0. The third-order valence-corrected chi connectivity index (χ3v) is 5.77. The molecule has 2 aromatic carbocycles. The Balaban J connectivity index is 1.39. The van der Waals surface area contributed by atoms with Crippen LogP contribution in [0, 0.1) is 0 Å². The van der Waals surface area contributed by atoms with Gasteiger partial charge in [0.05, 0.1) is 6.54 Å². The smallest absolute Gasteiger partial charge is 0.236 e. The first kappa shape index (κ1) is 18.1. The molecule has 2 aliphatic rings. The van der Waals surface area contributed by atoms with Crippen LogP contribution in [0.5, 0.6) is 0 Å². The maximum absolute atomic E-state index is 12.7. The fourth-order valence-corrected chi connectivity index (χ4v) is 4.22. The van der Waals surface area contributed by atoms with Crippen molar-refractivity contribution in [2.75, 3.05) is 50.7 Å². The Bertz CT molecular complexity index is 747. The van der Waals surface area contributed by atoms with E-state index in [-0.39, 0.29) is 0 Å². The van der Waals surface area contributed by atoms with E-state index in [9.17, 15) is 4.79 Å². The summed E-state index contributed by atoms with van der Waals surface area (Å²) in [6.45, 7) is 6.18. The molecule has 4 nitrogen and oxygen atoms in total. The number of piperidine rings is 1. The first-order chi connectivity index (χ1) is 13.3. The highest BCUT2D eigenvalue weighted by atomic mass is 16.2. The molecular formula is C23H29N3O. The van der Waals surface area contributed by atoms with Gasteiger partial charge >= 0.3 is 0 Å². The number of para-hydroxylation sites is 1. The Morgan fingerprint density at radius 1 is 0.741 bits per heavy atom. The number of amides is 1. The van der Waals surface area contributed by atoms with Crippen LogP contribution in [0.1, 0.15) is 19.3 Å². The molecule has 0 saturated carbocycles. The first-order valence-corrected chi connectivity index (χ1v) is 10.2. The lowest BCUT2D eigenvalue weighted by molar-refractivity contribution is -0.132. The van der Waals surface area contributed by atoms with Gasteiger partial charge < -0.3 is 9.80 Å². The first-order valence-electron chi connectivity index (χ1n) is 10.2. The van der Waals surface area contributed by atoms with Crippen molar-refractivity contribution in [3.63, 3.8) is 0 Å². The molecule has 4 heteroatoms. The van der Waals surface area contributed by atoms with E-state index in [1.807, 2.05) is 0 Å². The number of rotatable bonds is 4. The van der Waals surface area contributed by atoms with E-state index in [1.165, 1.54) is 36.1 Å². The van der Waals surface area contributed by atoms with Gasteiger partial charge in [0.15, 0.2) is 0 Å². The van der Waals surface area contributed by atoms with Gasteiger partial charge in [-0.25, -0.2) is 0 Å². The highest BCUT2D eigenvalue weighted by molar-refractivity contribution is 5.80. The molecule has 0 unspecified atom stereocenters. The predicted molar refractivity (Wildman–Crippen MR) is 111 cm³/mol. The van der Waals surface area contributed by atoms with E-state index in [4.69, 9.17) is 0 Å². The third kappa shape index (κ3) is 4.33. The van der Waals surface area contributed by atoms with Crippen molar-refractivity contribution in [3.05, 3.63) is 54.6 Å². The summed E-state index contributed by atoms with van der Waals surface area (Å²) >= 11 is 0. The zero-order valence-corrected chi connectivity index (χ0v) is 16.0. The summed E-state index contributed by atoms with van der Waals surface area (Å²) in [7, 11) is 0. The van der Waals surface area contributed by atoms with Gasteiger partial charge in [-0.1, -0.05) is 55.0 Å². The molecule has 0 N–H and O–H groups in total. The summed E-state index contributed by atoms with van der Waals surface area (Å²) in [6.07, 6.45) is 3.78. The van der Waals surface area contributed by atoms with Gasteiger partial charge in [0, 0.05) is 37.4 Å². The number of carbonyl (C=O) groups is 1. The van der Waals surface area contributed by atoms with E-state index in [1.54, 1.807) is 0 Å². The van der Waals surface area contributed by atoms with Crippen LogP contribution in [0.2, 0.25) is 0 Å². The van der Waals surface area contributed by atoms with Crippen molar-refractivity contribution in [3.8, 4) is 11.1 Å². The summed E-state index contributed by atoms with van der Waals surface area (Å²) in [5.74, 6) is 0.299. The van der Waals surface area contributed by atoms with Crippen molar-refractivity contribution >= 4 is 11.6 Å². The Morgan fingerprint density at radius 3 is 2.15 bits per heavy atom. The number of likely N-dealkylation sites (tertiary alicyclic amines) is 1. The average molecular weight is 364 g/mol. The second-order valence-corrected chi connectivity index (χ2v) is 7.59. The number of benzene rings is 2. The average Bonchev–Trinajstić information content (AvgIpc) is 2.75. The molecule has 0 bridgehead atoms. The molecule has 2 heterocycles. The largest absolute Gasteiger partial charge is 0.367 e. The van der Waals surface area contributed by atoms with Crippen LogP contribution in [0.3, 0.4) is 0 Å². The normalized spacial score (nSPS) is 18.5. The van der Waals surface area contributed by atoms with Crippen LogP contribution in [-0.2, 0) is 4.79 Å². The molecule has 2 saturated heterocycles. The highest BCUT2D eigenvalue weighted by Crippen LogP contribution is 2.31. The van der Waals surface area contributed by atoms with Crippen molar-refractivity contribution in [1.29, 1.82) is 0 Å². The predicted octanol–water partition coefficient (Wildman–Crippen LogP) is 3.49. The van der Waals surface area contributed by atoms with Crippen LogP contribution in [0.4, 0.5) is 5.69 Å². The molecular weight excluding hydrogens is 334 g/mol. The van der Waals surface area contributed by atoms with Crippen LogP contribution in [0.15, 0.2) is 54.6 Å². The molecule has 1 amide bonds.